The predicted octanol–water partition coefficient (Wildman–Crippen LogP) is 1.32. The van der Waals surface area contributed by atoms with Gasteiger partial charge in [0.15, 0.2) is 6.61 Å². The van der Waals surface area contributed by atoms with Crippen molar-refractivity contribution >= 4 is 40.7 Å². The van der Waals surface area contributed by atoms with Crippen molar-refractivity contribution in [3.8, 4) is 0 Å². The molecule has 1 heterocycles. The fourth-order valence-corrected chi connectivity index (χ4v) is 2.32. The van der Waals surface area contributed by atoms with Gasteiger partial charge in [-0.2, -0.15) is 0 Å². The van der Waals surface area contributed by atoms with E-state index in [1.54, 1.807) is 29.6 Å². The number of anilines is 1. The van der Waals surface area contributed by atoms with Crippen molar-refractivity contribution in [3.05, 3.63) is 52.2 Å². The minimum Gasteiger partial charge on any atom is -0.452 e. The molecule has 8 nitrogen and oxygen atoms in total. The molecule has 0 spiro atoms. The molecular weight excluding hydrogens is 346 g/mol. The molecule has 0 saturated carbocycles. The first-order valence-corrected chi connectivity index (χ1v) is 8.01. The number of carbonyl (C=O) groups excluding carboxylic acids is 4. The molecule has 0 aliphatic rings. The van der Waals surface area contributed by atoms with Gasteiger partial charge in [0.25, 0.3) is 11.8 Å². The summed E-state index contributed by atoms with van der Waals surface area (Å²) in [6, 6.07) is 9.54. The number of nitrogens with one attached hydrogen (secondary N) is 3. The van der Waals surface area contributed by atoms with E-state index in [0.29, 0.717) is 10.6 Å². The first kappa shape index (κ1) is 18.1. The molecule has 9 heteroatoms. The SMILES string of the molecule is CC(=O)NNC(=O)COC(=O)c1ccc(NC(=O)c2cccs2)cc1. The lowest BCUT2D eigenvalue weighted by Crippen LogP contribution is -2.42. The minimum absolute atomic E-state index is 0.224. The Kier molecular flexibility index (Phi) is 6.24. The molecule has 3 N–H and O–H groups in total. The third kappa shape index (κ3) is 5.74. The van der Waals surface area contributed by atoms with E-state index in [9.17, 15) is 19.2 Å². The Morgan fingerprint density at radius 2 is 1.76 bits per heavy atom. The highest BCUT2D eigenvalue weighted by Gasteiger charge is 2.11. The first-order chi connectivity index (χ1) is 12.0. The van der Waals surface area contributed by atoms with Crippen LogP contribution < -0.4 is 16.2 Å². The highest BCUT2D eigenvalue weighted by Crippen LogP contribution is 2.14. The normalized spacial score (nSPS) is 9.80. The monoisotopic (exact) mass is 361 g/mol. The molecular formula is C16H15N3O5S. The lowest BCUT2D eigenvalue weighted by molar-refractivity contribution is -0.129. The molecule has 25 heavy (non-hydrogen) atoms. The zero-order chi connectivity index (χ0) is 18.2. The largest absolute Gasteiger partial charge is 0.452 e. The number of ether oxygens (including phenoxy) is 1. The molecule has 0 saturated heterocycles. The molecule has 0 aliphatic carbocycles. The maximum absolute atomic E-state index is 11.9. The van der Waals surface area contributed by atoms with Gasteiger partial charge in [-0.05, 0) is 35.7 Å². The van der Waals surface area contributed by atoms with Crippen LogP contribution in [0.1, 0.15) is 27.0 Å². The average molecular weight is 361 g/mol. The quantitative estimate of drug-likeness (QED) is 0.549. The van der Waals surface area contributed by atoms with Gasteiger partial charge in [0.1, 0.15) is 0 Å². The fraction of sp³-hybridized carbons (Fsp3) is 0.125. The number of thiophene rings is 1. The number of hydrazine groups is 1. The summed E-state index contributed by atoms with van der Waals surface area (Å²) in [5.74, 6) is -2.04. The van der Waals surface area contributed by atoms with Crippen LogP contribution in [0.3, 0.4) is 0 Å². The van der Waals surface area contributed by atoms with Crippen LogP contribution in [0.15, 0.2) is 41.8 Å². The number of esters is 1. The highest BCUT2D eigenvalue weighted by atomic mass is 32.1. The lowest BCUT2D eigenvalue weighted by Gasteiger charge is -2.07. The second kappa shape index (κ2) is 8.60. The number of hydrogen-bond acceptors (Lipinski definition) is 6. The Bertz CT molecular complexity index is 772. The lowest BCUT2D eigenvalue weighted by atomic mass is 10.2. The van der Waals surface area contributed by atoms with E-state index in [-0.39, 0.29) is 11.5 Å². The van der Waals surface area contributed by atoms with Crippen LogP contribution in [-0.4, -0.2) is 30.3 Å². The van der Waals surface area contributed by atoms with Crippen molar-refractivity contribution in [3.63, 3.8) is 0 Å². The molecule has 0 atom stereocenters. The molecule has 0 bridgehead atoms. The molecule has 130 valence electrons. The Morgan fingerprint density at radius 1 is 1.04 bits per heavy atom. The third-order valence-corrected chi connectivity index (χ3v) is 3.70. The van der Waals surface area contributed by atoms with E-state index in [1.165, 1.54) is 30.4 Å². The molecule has 0 unspecified atom stereocenters. The maximum Gasteiger partial charge on any atom is 0.338 e. The van der Waals surface area contributed by atoms with Gasteiger partial charge in [-0.3, -0.25) is 25.2 Å². The number of rotatable bonds is 5. The summed E-state index contributed by atoms with van der Waals surface area (Å²) in [6.45, 7) is 0.695. The van der Waals surface area contributed by atoms with Gasteiger partial charge in [0, 0.05) is 12.6 Å². The first-order valence-electron chi connectivity index (χ1n) is 7.13. The second-order valence-electron chi connectivity index (χ2n) is 4.81. The van der Waals surface area contributed by atoms with E-state index < -0.39 is 24.4 Å². The van der Waals surface area contributed by atoms with E-state index in [1.807, 2.05) is 0 Å². The number of benzene rings is 1. The van der Waals surface area contributed by atoms with Crippen LogP contribution in [0.4, 0.5) is 5.69 Å². The third-order valence-electron chi connectivity index (χ3n) is 2.84. The van der Waals surface area contributed by atoms with Gasteiger partial charge in [-0.15, -0.1) is 11.3 Å². The predicted molar refractivity (Wildman–Crippen MR) is 91.0 cm³/mol. The molecule has 0 fully saturated rings. The smallest absolute Gasteiger partial charge is 0.338 e. The molecule has 1 aromatic heterocycles. The van der Waals surface area contributed by atoms with Gasteiger partial charge < -0.3 is 10.1 Å². The van der Waals surface area contributed by atoms with Crippen LogP contribution in [0.2, 0.25) is 0 Å². The molecule has 0 radical (unpaired) electrons. The summed E-state index contributed by atoms with van der Waals surface area (Å²) in [5, 5.41) is 4.50. The molecule has 2 aromatic rings. The number of carbonyl (C=O) groups is 4. The summed E-state index contributed by atoms with van der Waals surface area (Å²) >= 11 is 1.32. The average Bonchev–Trinajstić information content (AvgIpc) is 3.13. The van der Waals surface area contributed by atoms with Crippen LogP contribution in [-0.2, 0) is 14.3 Å². The number of amides is 3. The van der Waals surface area contributed by atoms with Gasteiger partial charge in [0.2, 0.25) is 5.91 Å². The van der Waals surface area contributed by atoms with E-state index in [4.69, 9.17) is 4.74 Å². The molecule has 1 aromatic carbocycles. The molecule has 0 aliphatic heterocycles. The topological polar surface area (TPSA) is 114 Å². The van der Waals surface area contributed by atoms with Crippen LogP contribution in [0.5, 0.6) is 0 Å². The zero-order valence-corrected chi connectivity index (χ0v) is 14.0. The van der Waals surface area contributed by atoms with Crippen molar-refractivity contribution in [2.24, 2.45) is 0 Å². The van der Waals surface area contributed by atoms with E-state index in [2.05, 4.69) is 16.2 Å². The standard InChI is InChI=1S/C16H15N3O5S/c1-10(20)18-19-14(21)9-24-16(23)11-4-6-12(7-5-11)17-15(22)13-3-2-8-25-13/h2-8H,9H2,1H3,(H,17,22)(H,18,20)(H,19,21). The highest BCUT2D eigenvalue weighted by molar-refractivity contribution is 7.12. The molecule has 3 amide bonds. The van der Waals surface area contributed by atoms with Crippen molar-refractivity contribution in [1.29, 1.82) is 0 Å². The van der Waals surface area contributed by atoms with Gasteiger partial charge >= 0.3 is 5.97 Å². The summed E-state index contributed by atoms with van der Waals surface area (Å²) in [7, 11) is 0. The van der Waals surface area contributed by atoms with Crippen molar-refractivity contribution in [2.45, 2.75) is 6.92 Å². The summed E-state index contributed by atoms with van der Waals surface area (Å²) in [5.41, 5.74) is 4.90. The van der Waals surface area contributed by atoms with Crippen molar-refractivity contribution in [2.75, 3.05) is 11.9 Å². The maximum atomic E-state index is 11.9. The van der Waals surface area contributed by atoms with Crippen molar-refractivity contribution < 1.29 is 23.9 Å². The second-order valence-corrected chi connectivity index (χ2v) is 5.76. The Balaban J connectivity index is 1.84. The van der Waals surface area contributed by atoms with Crippen LogP contribution >= 0.6 is 11.3 Å². The van der Waals surface area contributed by atoms with Gasteiger partial charge in [0.05, 0.1) is 10.4 Å². The Labute approximate surface area is 147 Å². The summed E-state index contributed by atoms with van der Waals surface area (Å²) < 4.78 is 4.81. The van der Waals surface area contributed by atoms with Gasteiger partial charge in [-0.1, -0.05) is 6.07 Å². The summed E-state index contributed by atoms with van der Waals surface area (Å²) in [4.78, 5) is 46.3. The van der Waals surface area contributed by atoms with Crippen molar-refractivity contribution in [1.82, 2.24) is 10.9 Å². The van der Waals surface area contributed by atoms with E-state index >= 15 is 0 Å². The minimum atomic E-state index is -0.700. The van der Waals surface area contributed by atoms with Crippen LogP contribution in [0.25, 0.3) is 0 Å². The summed E-state index contributed by atoms with van der Waals surface area (Å²) in [6.07, 6.45) is 0. The van der Waals surface area contributed by atoms with Crippen LogP contribution in [0, 0.1) is 0 Å². The van der Waals surface area contributed by atoms with E-state index in [0.717, 1.165) is 0 Å². The fourth-order valence-electron chi connectivity index (χ4n) is 1.70. The Hall–Kier alpha value is -3.20. The zero-order valence-electron chi connectivity index (χ0n) is 13.2. The number of hydrogen-bond donors (Lipinski definition) is 3. The van der Waals surface area contributed by atoms with Gasteiger partial charge in [-0.25, -0.2) is 4.79 Å². The molecule has 2 rings (SSSR count). The Morgan fingerprint density at radius 3 is 2.36 bits per heavy atom.